The van der Waals surface area contributed by atoms with Gasteiger partial charge in [-0.2, -0.15) is 0 Å². The van der Waals surface area contributed by atoms with E-state index in [-0.39, 0.29) is 29.6 Å². The molecular weight excluding hydrogens is 316 g/mol. The number of piperidine rings is 1. The summed E-state index contributed by atoms with van der Waals surface area (Å²) in [6.07, 6.45) is 0.797. The fourth-order valence-electron chi connectivity index (χ4n) is 2.36. The molecule has 0 unspecified atom stereocenters. The molecule has 0 aliphatic carbocycles. The van der Waals surface area contributed by atoms with Crippen molar-refractivity contribution in [2.45, 2.75) is 19.4 Å². The zero-order chi connectivity index (χ0) is 16.7. The number of ether oxygens (including phenoxy) is 1. The fourth-order valence-corrected chi connectivity index (χ4v) is 2.41. The third-order valence-electron chi connectivity index (χ3n) is 3.64. The van der Waals surface area contributed by atoms with E-state index in [4.69, 9.17) is 10.5 Å². The Labute approximate surface area is 140 Å². The summed E-state index contributed by atoms with van der Waals surface area (Å²) in [5.41, 5.74) is 11.1. The SMILES string of the molecule is NC(=S)NNC(=O)C1CCN(C(=O)OCc2ccccc2)CC1. The third kappa shape index (κ3) is 5.41. The van der Waals surface area contributed by atoms with Gasteiger partial charge in [-0.05, 0) is 30.6 Å². The maximum Gasteiger partial charge on any atom is 0.410 e. The fraction of sp³-hybridized carbons (Fsp3) is 0.400. The number of hydrazine groups is 1. The smallest absolute Gasteiger partial charge is 0.410 e. The predicted molar refractivity (Wildman–Crippen MR) is 89.0 cm³/mol. The van der Waals surface area contributed by atoms with E-state index in [9.17, 15) is 9.59 Å². The van der Waals surface area contributed by atoms with Gasteiger partial charge in [-0.3, -0.25) is 15.6 Å². The van der Waals surface area contributed by atoms with Crippen LogP contribution in [-0.2, 0) is 16.1 Å². The van der Waals surface area contributed by atoms with Gasteiger partial charge in [0.05, 0.1) is 0 Å². The lowest BCUT2D eigenvalue weighted by molar-refractivity contribution is -0.126. The Morgan fingerprint density at radius 3 is 2.48 bits per heavy atom. The monoisotopic (exact) mass is 336 g/mol. The van der Waals surface area contributed by atoms with Crippen LogP contribution in [0.4, 0.5) is 4.79 Å². The van der Waals surface area contributed by atoms with E-state index >= 15 is 0 Å². The largest absolute Gasteiger partial charge is 0.445 e. The molecule has 1 heterocycles. The van der Waals surface area contributed by atoms with Crippen LogP contribution in [-0.4, -0.2) is 35.1 Å². The number of carbonyl (C=O) groups is 2. The van der Waals surface area contributed by atoms with Crippen LogP contribution in [0.15, 0.2) is 30.3 Å². The highest BCUT2D eigenvalue weighted by molar-refractivity contribution is 7.80. The second kappa shape index (κ2) is 8.33. The van der Waals surface area contributed by atoms with Crippen molar-refractivity contribution in [3.63, 3.8) is 0 Å². The molecular formula is C15H20N4O3S. The second-order valence-corrected chi connectivity index (χ2v) is 5.72. The number of rotatable bonds is 3. The minimum atomic E-state index is -0.353. The number of hydrogen-bond acceptors (Lipinski definition) is 4. The number of nitrogens with one attached hydrogen (secondary N) is 2. The molecule has 1 aromatic rings. The van der Waals surface area contributed by atoms with Gasteiger partial charge in [0.2, 0.25) is 5.91 Å². The number of hydrogen-bond donors (Lipinski definition) is 3. The van der Waals surface area contributed by atoms with Crippen LogP contribution in [0.2, 0.25) is 0 Å². The maximum absolute atomic E-state index is 12.0. The van der Waals surface area contributed by atoms with E-state index in [0.29, 0.717) is 25.9 Å². The van der Waals surface area contributed by atoms with Crippen molar-refractivity contribution in [3.05, 3.63) is 35.9 Å². The van der Waals surface area contributed by atoms with Gasteiger partial charge < -0.3 is 15.4 Å². The maximum atomic E-state index is 12.0. The Balaban J connectivity index is 1.72. The second-order valence-electron chi connectivity index (χ2n) is 5.28. The minimum Gasteiger partial charge on any atom is -0.445 e. The highest BCUT2D eigenvalue weighted by atomic mass is 32.1. The van der Waals surface area contributed by atoms with Crippen LogP contribution in [0.1, 0.15) is 18.4 Å². The molecule has 0 atom stereocenters. The lowest BCUT2D eigenvalue weighted by atomic mass is 9.96. The van der Waals surface area contributed by atoms with E-state index in [1.165, 1.54) is 0 Å². The molecule has 1 saturated heterocycles. The van der Waals surface area contributed by atoms with Crippen molar-refractivity contribution < 1.29 is 14.3 Å². The quantitative estimate of drug-likeness (QED) is 0.560. The van der Waals surface area contributed by atoms with Crippen molar-refractivity contribution in [2.24, 2.45) is 11.7 Å². The molecule has 0 bridgehead atoms. The van der Waals surface area contributed by atoms with E-state index in [1.54, 1.807) is 4.90 Å². The number of nitrogens with zero attached hydrogens (tertiary/aromatic N) is 1. The van der Waals surface area contributed by atoms with Gasteiger partial charge in [0.15, 0.2) is 5.11 Å². The Morgan fingerprint density at radius 1 is 1.22 bits per heavy atom. The number of carbonyl (C=O) groups excluding carboxylic acids is 2. The van der Waals surface area contributed by atoms with Gasteiger partial charge in [-0.15, -0.1) is 0 Å². The van der Waals surface area contributed by atoms with Crippen molar-refractivity contribution >= 4 is 29.3 Å². The lowest BCUT2D eigenvalue weighted by Gasteiger charge is -2.30. The minimum absolute atomic E-state index is 0.0141. The van der Waals surface area contributed by atoms with E-state index in [1.807, 2.05) is 30.3 Å². The van der Waals surface area contributed by atoms with Crippen LogP contribution in [0.25, 0.3) is 0 Å². The topological polar surface area (TPSA) is 96.7 Å². The van der Waals surface area contributed by atoms with E-state index < -0.39 is 0 Å². The van der Waals surface area contributed by atoms with E-state index in [2.05, 4.69) is 23.1 Å². The predicted octanol–water partition coefficient (Wildman–Crippen LogP) is 0.900. The van der Waals surface area contributed by atoms with Crippen LogP contribution >= 0.6 is 12.2 Å². The molecule has 0 saturated carbocycles. The molecule has 0 aromatic heterocycles. The number of benzene rings is 1. The first kappa shape index (κ1) is 17.0. The molecule has 7 nitrogen and oxygen atoms in total. The number of likely N-dealkylation sites (tertiary alicyclic amines) is 1. The first-order valence-corrected chi connectivity index (χ1v) is 7.78. The van der Waals surface area contributed by atoms with Crippen molar-refractivity contribution in [1.29, 1.82) is 0 Å². The highest BCUT2D eigenvalue weighted by Crippen LogP contribution is 2.18. The van der Waals surface area contributed by atoms with Gasteiger partial charge in [0, 0.05) is 19.0 Å². The Hall–Kier alpha value is -2.35. The average Bonchev–Trinajstić information content (AvgIpc) is 2.58. The normalized spacial score (nSPS) is 14.9. The molecule has 1 fully saturated rings. The molecule has 4 N–H and O–H groups in total. The van der Waals surface area contributed by atoms with Crippen molar-refractivity contribution in [2.75, 3.05) is 13.1 Å². The molecule has 0 spiro atoms. The summed E-state index contributed by atoms with van der Waals surface area (Å²) in [6.45, 7) is 1.22. The summed E-state index contributed by atoms with van der Waals surface area (Å²) in [5.74, 6) is -0.342. The zero-order valence-electron chi connectivity index (χ0n) is 12.7. The molecule has 124 valence electrons. The van der Waals surface area contributed by atoms with Gasteiger partial charge in [-0.25, -0.2) is 4.79 Å². The average molecular weight is 336 g/mol. The summed E-state index contributed by atoms with van der Waals surface area (Å²) in [4.78, 5) is 25.5. The van der Waals surface area contributed by atoms with Gasteiger partial charge in [-0.1, -0.05) is 30.3 Å². The van der Waals surface area contributed by atoms with Crippen LogP contribution in [0, 0.1) is 5.92 Å². The zero-order valence-corrected chi connectivity index (χ0v) is 13.5. The van der Waals surface area contributed by atoms with Gasteiger partial charge in [0.25, 0.3) is 0 Å². The number of nitrogens with two attached hydrogens (primary N) is 1. The molecule has 0 radical (unpaired) electrons. The van der Waals surface area contributed by atoms with Crippen molar-refractivity contribution in [3.8, 4) is 0 Å². The number of thiocarbonyl (C=S) groups is 1. The van der Waals surface area contributed by atoms with E-state index in [0.717, 1.165) is 5.56 Å². The molecule has 2 rings (SSSR count). The van der Waals surface area contributed by atoms with Crippen LogP contribution in [0.5, 0.6) is 0 Å². The van der Waals surface area contributed by atoms with Gasteiger partial charge >= 0.3 is 6.09 Å². The molecule has 1 aliphatic rings. The highest BCUT2D eigenvalue weighted by Gasteiger charge is 2.28. The first-order chi connectivity index (χ1) is 11.1. The molecule has 23 heavy (non-hydrogen) atoms. The van der Waals surface area contributed by atoms with Crippen LogP contribution in [0.3, 0.4) is 0 Å². The lowest BCUT2D eigenvalue weighted by Crippen LogP contribution is -2.49. The number of amides is 2. The summed E-state index contributed by atoms with van der Waals surface area (Å²) >= 11 is 4.62. The third-order valence-corrected chi connectivity index (χ3v) is 3.74. The molecule has 1 aromatic carbocycles. The Morgan fingerprint density at radius 2 is 1.87 bits per heavy atom. The first-order valence-electron chi connectivity index (χ1n) is 7.37. The summed E-state index contributed by atoms with van der Waals surface area (Å²) in [7, 11) is 0. The Kier molecular flexibility index (Phi) is 6.16. The van der Waals surface area contributed by atoms with Crippen molar-refractivity contribution in [1.82, 2.24) is 15.8 Å². The summed E-state index contributed by atoms with van der Waals surface area (Å²) < 4.78 is 5.28. The standard InChI is InChI=1S/C15H20N4O3S/c16-14(23)18-17-13(20)12-6-8-19(9-7-12)15(21)22-10-11-4-2-1-3-5-11/h1-5,12H,6-10H2,(H,17,20)(H3,16,18,23). The van der Waals surface area contributed by atoms with Crippen LogP contribution < -0.4 is 16.6 Å². The summed E-state index contributed by atoms with van der Waals surface area (Å²) in [6, 6.07) is 9.51. The van der Waals surface area contributed by atoms with Gasteiger partial charge in [0.1, 0.15) is 6.61 Å². The molecule has 1 aliphatic heterocycles. The Bertz CT molecular complexity index is 559. The molecule has 2 amide bonds. The summed E-state index contributed by atoms with van der Waals surface area (Å²) in [5, 5.41) is 0.0141. The molecule has 8 heteroatoms.